The van der Waals surface area contributed by atoms with Gasteiger partial charge in [-0.15, -0.1) is 21.5 Å². The molecule has 0 aliphatic carbocycles. The summed E-state index contributed by atoms with van der Waals surface area (Å²) in [4.78, 5) is 4.38. The molecule has 8 heteroatoms. The van der Waals surface area contributed by atoms with Crippen molar-refractivity contribution in [2.24, 2.45) is 0 Å². The molecule has 0 bridgehead atoms. The molecule has 0 aliphatic heterocycles. The van der Waals surface area contributed by atoms with Crippen LogP contribution in [0, 0.1) is 18.3 Å². The van der Waals surface area contributed by atoms with E-state index in [-0.39, 0.29) is 0 Å². The Morgan fingerprint density at radius 3 is 3.00 bits per heavy atom. The molecule has 0 radical (unpaired) electrons. The second kappa shape index (κ2) is 7.95. The van der Waals surface area contributed by atoms with Crippen LogP contribution in [-0.2, 0) is 6.42 Å². The highest BCUT2D eigenvalue weighted by Crippen LogP contribution is 2.20. The van der Waals surface area contributed by atoms with E-state index in [4.69, 9.17) is 14.4 Å². The monoisotopic (exact) mass is 358 g/mol. The Morgan fingerprint density at radius 2 is 2.21 bits per heavy atom. The third-order valence-corrected chi connectivity index (χ3v) is 4.63. The fourth-order valence-corrected chi connectivity index (χ4v) is 3.19. The van der Waals surface area contributed by atoms with E-state index in [1.54, 1.807) is 23.5 Å². The van der Waals surface area contributed by atoms with Gasteiger partial charge in [-0.05, 0) is 19.1 Å². The van der Waals surface area contributed by atoms with Crippen LogP contribution in [-0.4, -0.2) is 27.5 Å². The lowest BCUT2D eigenvalue weighted by atomic mass is 10.2. The van der Waals surface area contributed by atoms with Gasteiger partial charge in [0, 0.05) is 11.1 Å². The summed E-state index contributed by atoms with van der Waals surface area (Å²) in [5.41, 5.74) is 1.47. The minimum absolute atomic E-state index is 0.451. The Labute approximate surface area is 147 Å². The number of thiazole rings is 1. The first-order chi connectivity index (χ1) is 11.7. The normalized spacial score (nSPS) is 10.5. The number of aryl methyl sites for hydroxylation is 1. The number of thioether (sulfide) groups is 1. The maximum absolute atomic E-state index is 9.01. The molecule has 0 N–H and O–H groups in total. The van der Waals surface area contributed by atoms with Crippen LogP contribution in [0.25, 0.3) is 0 Å². The van der Waals surface area contributed by atoms with Crippen molar-refractivity contribution < 1.29 is 9.15 Å². The fraction of sp³-hybridized carbons (Fsp3) is 0.250. The maximum Gasteiger partial charge on any atom is 0.276 e. The molecular formula is C16H14N4O2S2. The number of aromatic nitrogens is 3. The van der Waals surface area contributed by atoms with Gasteiger partial charge in [0.1, 0.15) is 11.8 Å². The van der Waals surface area contributed by atoms with Gasteiger partial charge < -0.3 is 9.15 Å². The Hall–Kier alpha value is -2.37. The van der Waals surface area contributed by atoms with Crippen molar-refractivity contribution in [1.82, 2.24) is 15.2 Å². The average Bonchev–Trinajstić information content (AvgIpc) is 3.21. The third kappa shape index (κ3) is 4.34. The number of rotatable bonds is 7. The van der Waals surface area contributed by atoms with Crippen molar-refractivity contribution in [3.05, 3.63) is 51.8 Å². The zero-order chi connectivity index (χ0) is 16.8. The summed E-state index contributed by atoms with van der Waals surface area (Å²) >= 11 is 3.03. The number of nitrogens with zero attached hydrogens (tertiary/aromatic N) is 4. The summed E-state index contributed by atoms with van der Waals surface area (Å²) in [5, 5.41) is 20.6. The van der Waals surface area contributed by atoms with E-state index >= 15 is 0 Å². The van der Waals surface area contributed by atoms with E-state index in [2.05, 4.69) is 21.3 Å². The Balaban J connectivity index is 1.46. The molecule has 6 nitrogen and oxygen atoms in total. The van der Waals surface area contributed by atoms with Crippen LogP contribution < -0.4 is 4.74 Å². The van der Waals surface area contributed by atoms with Gasteiger partial charge in [-0.1, -0.05) is 23.9 Å². The van der Waals surface area contributed by atoms with Gasteiger partial charge in [0.25, 0.3) is 5.22 Å². The molecule has 2 heterocycles. The van der Waals surface area contributed by atoms with Gasteiger partial charge in [0.15, 0.2) is 0 Å². The minimum atomic E-state index is 0.451. The number of para-hydroxylation sites is 1. The van der Waals surface area contributed by atoms with Crippen LogP contribution >= 0.6 is 23.1 Å². The first kappa shape index (κ1) is 16.5. The lowest BCUT2D eigenvalue weighted by Crippen LogP contribution is -2.01. The molecule has 3 aromatic rings. The lowest BCUT2D eigenvalue weighted by Gasteiger charge is -2.05. The van der Waals surface area contributed by atoms with Crippen molar-refractivity contribution in [3.8, 4) is 11.8 Å². The van der Waals surface area contributed by atoms with Crippen molar-refractivity contribution >= 4 is 23.1 Å². The molecule has 2 aromatic heterocycles. The quantitative estimate of drug-likeness (QED) is 0.472. The second-order valence-corrected chi connectivity index (χ2v) is 6.91. The summed E-state index contributed by atoms with van der Waals surface area (Å²) in [6.45, 7) is 2.42. The van der Waals surface area contributed by atoms with Gasteiger partial charge in [-0.2, -0.15) is 5.26 Å². The second-order valence-electron chi connectivity index (χ2n) is 4.80. The third-order valence-electron chi connectivity index (χ3n) is 3.02. The van der Waals surface area contributed by atoms with E-state index in [9.17, 15) is 0 Å². The van der Waals surface area contributed by atoms with Crippen molar-refractivity contribution in [2.75, 3.05) is 12.4 Å². The summed E-state index contributed by atoms with van der Waals surface area (Å²) in [7, 11) is 0. The molecule has 0 unspecified atom stereocenters. The number of benzene rings is 1. The predicted octanol–water partition coefficient (Wildman–Crippen LogP) is 3.47. The van der Waals surface area contributed by atoms with Crippen LogP contribution in [0.2, 0.25) is 0 Å². The van der Waals surface area contributed by atoms with Crippen LogP contribution in [0.15, 0.2) is 39.3 Å². The molecule has 0 atom stereocenters. The van der Waals surface area contributed by atoms with Gasteiger partial charge in [-0.25, -0.2) is 4.98 Å². The SMILES string of the molecule is Cc1nc(Cc2nnc(SCCOc3ccccc3C#N)o2)cs1. The number of ether oxygens (including phenoxy) is 1. The molecule has 0 amide bonds. The van der Waals surface area contributed by atoms with Crippen molar-refractivity contribution in [3.63, 3.8) is 0 Å². The number of nitriles is 1. The molecular weight excluding hydrogens is 344 g/mol. The number of hydrogen-bond acceptors (Lipinski definition) is 8. The van der Waals surface area contributed by atoms with Crippen LogP contribution in [0.3, 0.4) is 0 Å². The fourth-order valence-electron chi connectivity index (χ4n) is 1.98. The molecule has 0 aliphatic rings. The van der Waals surface area contributed by atoms with Crippen molar-refractivity contribution in [2.45, 2.75) is 18.6 Å². The molecule has 24 heavy (non-hydrogen) atoms. The van der Waals surface area contributed by atoms with Gasteiger partial charge >= 0.3 is 0 Å². The first-order valence-electron chi connectivity index (χ1n) is 7.22. The molecule has 0 spiro atoms. The standard InChI is InChI=1S/C16H14N4O2S2/c1-11-18-13(10-24-11)8-15-19-20-16(22-15)23-7-6-21-14-5-3-2-4-12(14)9-17/h2-5,10H,6-8H2,1H3. The van der Waals surface area contributed by atoms with E-state index < -0.39 is 0 Å². The molecule has 122 valence electrons. The smallest absolute Gasteiger partial charge is 0.276 e. The highest BCUT2D eigenvalue weighted by molar-refractivity contribution is 7.99. The number of hydrogen-bond donors (Lipinski definition) is 0. The molecule has 0 saturated carbocycles. The van der Waals surface area contributed by atoms with Crippen molar-refractivity contribution in [1.29, 1.82) is 5.26 Å². The molecule has 0 fully saturated rings. The first-order valence-corrected chi connectivity index (χ1v) is 9.09. The van der Waals surface area contributed by atoms with Crippen LogP contribution in [0.1, 0.15) is 22.2 Å². The maximum atomic E-state index is 9.01. The summed E-state index contributed by atoms with van der Waals surface area (Å²) in [5.74, 6) is 1.79. The Bertz CT molecular complexity index is 854. The predicted molar refractivity (Wildman–Crippen MR) is 91.3 cm³/mol. The molecule has 3 rings (SSSR count). The van der Waals surface area contributed by atoms with E-state index in [1.165, 1.54) is 11.8 Å². The summed E-state index contributed by atoms with van der Waals surface area (Å²) < 4.78 is 11.2. The Morgan fingerprint density at radius 1 is 1.33 bits per heavy atom. The summed E-state index contributed by atoms with van der Waals surface area (Å²) in [6.07, 6.45) is 0.546. The van der Waals surface area contributed by atoms with Gasteiger partial charge in [0.05, 0.1) is 29.3 Å². The zero-order valence-electron chi connectivity index (χ0n) is 12.9. The van der Waals surface area contributed by atoms with Crippen LogP contribution in [0.5, 0.6) is 5.75 Å². The average molecular weight is 358 g/mol. The topological polar surface area (TPSA) is 84.8 Å². The van der Waals surface area contributed by atoms with E-state index in [1.807, 2.05) is 24.4 Å². The van der Waals surface area contributed by atoms with Gasteiger partial charge in [-0.3, -0.25) is 0 Å². The molecule has 0 saturated heterocycles. The highest BCUT2D eigenvalue weighted by atomic mass is 32.2. The van der Waals surface area contributed by atoms with E-state index in [0.29, 0.717) is 41.2 Å². The summed E-state index contributed by atoms with van der Waals surface area (Å²) in [6, 6.07) is 9.27. The Kier molecular flexibility index (Phi) is 5.46. The van der Waals surface area contributed by atoms with Crippen LogP contribution in [0.4, 0.5) is 0 Å². The highest BCUT2D eigenvalue weighted by Gasteiger charge is 2.09. The largest absolute Gasteiger partial charge is 0.491 e. The molecule has 1 aromatic carbocycles. The lowest BCUT2D eigenvalue weighted by molar-refractivity contribution is 0.342. The van der Waals surface area contributed by atoms with E-state index in [0.717, 1.165) is 10.7 Å². The van der Waals surface area contributed by atoms with Gasteiger partial charge in [0.2, 0.25) is 5.89 Å². The minimum Gasteiger partial charge on any atom is -0.491 e. The zero-order valence-corrected chi connectivity index (χ0v) is 14.6.